The second-order valence-corrected chi connectivity index (χ2v) is 12.1. The largest absolute Gasteiger partial charge is 0.382 e. The zero-order valence-electron chi connectivity index (χ0n) is 30.1. The van der Waals surface area contributed by atoms with Gasteiger partial charge in [0.25, 0.3) is 5.56 Å². The van der Waals surface area contributed by atoms with Crippen molar-refractivity contribution >= 4 is 11.0 Å². The Hall–Kier alpha value is -2.58. The molecule has 1 N–H and O–H groups in total. The Labute approximate surface area is 238 Å². The van der Waals surface area contributed by atoms with E-state index in [1.54, 1.807) is 13.8 Å². The molecule has 1 aromatic carbocycles. The molecule has 2 aliphatic heterocycles. The van der Waals surface area contributed by atoms with Crippen molar-refractivity contribution < 1.29 is 22.2 Å². The molecule has 4 atom stereocenters. The van der Waals surface area contributed by atoms with Crippen LogP contribution in [0.4, 0.5) is 4.39 Å². The molecule has 7 nitrogen and oxygen atoms in total. The number of aryl methyl sites for hydroxylation is 1. The van der Waals surface area contributed by atoms with Crippen LogP contribution in [-0.2, 0) is 18.6 Å². The molecule has 4 heterocycles. The number of fused-ring (bicyclic) bond motifs is 2. The van der Waals surface area contributed by atoms with E-state index in [1.165, 1.54) is 44.4 Å². The highest BCUT2D eigenvalue weighted by Gasteiger charge is 2.46. The van der Waals surface area contributed by atoms with E-state index in [2.05, 4.69) is 5.16 Å². The quantitative estimate of drug-likeness (QED) is 0.438. The summed E-state index contributed by atoms with van der Waals surface area (Å²) < 4.78 is 77.9. The molecular weight excluding hydrogens is 495 g/mol. The van der Waals surface area contributed by atoms with Crippen molar-refractivity contribution in [3.63, 3.8) is 0 Å². The molecule has 5 rings (SSSR count). The standard InChI is InChI=1S/C31H43FN4O3/c1-17(2)25-22(28(37)36-14-9-13-31(8,38)29(36)33-25)16-18(3)35-15-12-23(30(6,7)20(35)5)26-21-10-11-24(32)19(4)27(21)39-34-26/h10-11,17-18,20,23,38H,9,12-16H2,1-8H3/i12D2,15D2,20D,23D. The van der Waals surface area contributed by atoms with E-state index in [0.717, 1.165) is 4.90 Å². The molecule has 2 aromatic heterocycles. The normalized spacial score (nSPS) is 34.8. The van der Waals surface area contributed by atoms with E-state index in [-0.39, 0.29) is 40.1 Å². The summed E-state index contributed by atoms with van der Waals surface area (Å²) >= 11 is 0. The number of benzene rings is 1. The molecule has 8 heteroatoms. The molecule has 0 spiro atoms. The minimum Gasteiger partial charge on any atom is -0.382 e. The molecule has 1 fully saturated rings. The van der Waals surface area contributed by atoms with Crippen LogP contribution in [0.3, 0.4) is 0 Å². The number of hydrogen-bond donors (Lipinski definition) is 1. The predicted molar refractivity (Wildman–Crippen MR) is 151 cm³/mol. The van der Waals surface area contributed by atoms with E-state index >= 15 is 0 Å². The minimum atomic E-state index is -2.99. The molecule has 0 amide bonds. The van der Waals surface area contributed by atoms with E-state index in [0.29, 0.717) is 36.5 Å². The fourth-order valence-electron chi connectivity index (χ4n) is 5.91. The first-order valence-corrected chi connectivity index (χ1v) is 13.7. The SMILES string of the molecule is [2H]C1([2H])N(C(C)Cc2c(C(C)C)nc3n(c2=O)CCCC3(C)O)C([2H])(C)C(C)(C)C([2H])(c2noc3c(C)c(F)ccc23)C1([2H])[2H]. The number of likely N-dealkylation sites (tertiary alicyclic amines) is 1. The summed E-state index contributed by atoms with van der Waals surface area (Å²) in [5.41, 5.74) is -2.52. The molecule has 4 unspecified atom stereocenters. The summed E-state index contributed by atoms with van der Waals surface area (Å²) in [7, 11) is 0. The van der Waals surface area contributed by atoms with Gasteiger partial charge in [-0.1, -0.05) is 32.9 Å². The zero-order valence-corrected chi connectivity index (χ0v) is 24.1. The van der Waals surface area contributed by atoms with Crippen LogP contribution in [-0.4, -0.2) is 43.3 Å². The average Bonchev–Trinajstić information content (AvgIpc) is 3.35. The maximum atomic E-state index is 14.4. The van der Waals surface area contributed by atoms with Gasteiger partial charge >= 0.3 is 0 Å². The second kappa shape index (κ2) is 9.81. The van der Waals surface area contributed by atoms with Crippen LogP contribution in [0.5, 0.6) is 0 Å². The van der Waals surface area contributed by atoms with Gasteiger partial charge in [0, 0.05) is 49.2 Å². The zero-order chi connectivity index (χ0) is 33.9. The molecule has 1 saturated heterocycles. The lowest BCUT2D eigenvalue weighted by Gasteiger charge is -2.51. The number of aliphatic hydroxyl groups is 1. The Morgan fingerprint density at radius 1 is 1.31 bits per heavy atom. The number of nitrogens with zero attached hydrogens (tertiary/aromatic N) is 4. The molecule has 0 saturated carbocycles. The summed E-state index contributed by atoms with van der Waals surface area (Å²) in [5.74, 6) is -2.95. The highest BCUT2D eigenvalue weighted by Crippen LogP contribution is 2.48. The summed E-state index contributed by atoms with van der Waals surface area (Å²) in [4.78, 5) is 19.8. The lowest BCUT2D eigenvalue weighted by molar-refractivity contribution is 0.00200. The van der Waals surface area contributed by atoms with E-state index in [1.807, 2.05) is 13.8 Å². The Kier molecular flexibility index (Phi) is 5.33. The van der Waals surface area contributed by atoms with Gasteiger partial charge in [0.15, 0.2) is 5.58 Å². The van der Waals surface area contributed by atoms with Gasteiger partial charge in [-0.15, -0.1) is 0 Å². The van der Waals surface area contributed by atoms with Crippen LogP contribution >= 0.6 is 0 Å². The number of rotatable bonds is 5. The summed E-state index contributed by atoms with van der Waals surface area (Å²) in [6.07, 6.45) is -1.99. The number of halogens is 1. The van der Waals surface area contributed by atoms with Crippen molar-refractivity contribution in [2.24, 2.45) is 5.41 Å². The topological polar surface area (TPSA) is 84.4 Å². The highest BCUT2D eigenvalue weighted by molar-refractivity contribution is 5.83. The molecule has 2 aliphatic rings. The van der Waals surface area contributed by atoms with Crippen molar-refractivity contribution in [3.05, 3.63) is 56.6 Å². The van der Waals surface area contributed by atoms with Crippen LogP contribution in [0.25, 0.3) is 11.0 Å². The van der Waals surface area contributed by atoms with Gasteiger partial charge in [-0.3, -0.25) is 14.3 Å². The van der Waals surface area contributed by atoms with Gasteiger partial charge in [-0.25, -0.2) is 9.37 Å². The monoisotopic (exact) mass is 544 g/mol. The van der Waals surface area contributed by atoms with Gasteiger partial charge < -0.3 is 9.63 Å². The third kappa shape index (κ3) is 4.53. The maximum Gasteiger partial charge on any atom is 0.257 e. The minimum absolute atomic E-state index is 0.0341. The molecule has 0 aliphatic carbocycles. The Bertz CT molecular complexity index is 1700. The van der Waals surface area contributed by atoms with Crippen molar-refractivity contribution in [1.29, 1.82) is 0 Å². The summed E-state index contributed by atoms with van der Waals surface area (Å²) in [6.45, 7) is 10.5. The second-order valence-electron chi connectivity index (χ2n) is 12.1. The first kappa shape index (κ1) is 21.2. The highest BCUT2D eigenvalue weighted by atomic mass is 19.1. The number of piperidine rings is 1. The van der Waals surface area contributed by atoms with Gasteiger partial charge in [0.05, 0.1) is 11.4 Å². The van der Waals surface area contributed by atoms with Crippen molar-refractivity contribution in [2.75, 3.05) is 6.50 Å². The summed E-state index contributed by atoms with van der Waals surface area (Å²) in [6, 6.07) is -0.323. The molecule has 0 bridgehead atoms. The molecule has 39 heavy (non-hydrogen) atoms. The van der Waals surface area contributed by atoms with Crippen molar-refractivity contribution in [1.82, 2.24) is 19.6 Å². The van der Waals surface area contributed by atoms with Gasteiger partial charge in [-0.2, -0.15) is 0 Å². The molecule has 212 valence electrons. The Morgan fingerprint density at radius 3 is 2.72 bits per heavy atom. The third-order valence-electron chi connectivity index (χ3n) is 8.56. The Morgan fingerprint density at radius 2 is 2.03 bits per heavy atom. The lowest BCUT2D eigenvalue weighted by Crippen LogP contribution is -2.55. The van der Waals surface area contributed by atoms with Crippen LogP contribution in [0.1, 0.15) is 116 Å². The number of hydrogen-bond acceptors (Lipinski definition) is 6. The lowest BCUT2D eigenvalue weighted by atomic mass is 9.66. The van der Waals surface area contributed by atoms with Crippen molar-refractivity contribution in [3.8, 4) is 0 Å². The Balaban J connectivity index is 1.67. The van der Waals surface area contributed by atoms with Gasteiger partial charge in [0.2, 0.25) is 0 Å². The van der Waals surface area contributed by atoms with Crippen LogP contribution in [0.15, 0.2) is 21.5 Å². The fraction of sp³-hybridized carbons (Fsp3) is 0.645. The molecular formula is C31H43FN4O3. The smallest absolute Gasteiger partial charge is 0.257 e. The first-order valence-electron chi connectivity index (χ1n) is 16.7. The molecule has 3 aromatic rings. The van der Waals surface area contributed by atoms with Gasteiger partial charge in [-0.05, 0) is 83.3 Å². The van der Waals surface area contributed by atoms with Crippen molar-refractivity contribution in [2.45, 2.75) is 117 Å². The van der Waals surface area contributed by atoms with Gasteiger partial charge in [0.1, 0.15) is 17.2 Å². The maximum absolute atomic E-state index is 14.4. The van der Waals surface area contributed by atoms with Crippen LogP contribution in [0, 0.1) is 18.2 Å². The first-order chi connectivity index (χ1) is 20.5. The fourth-order valence-corrected chi connectivity index (χ4v) is 5.91. The van der Waals surface area contributed by atoms with E-state index < -0.39 is 47.7 Å². The molecule has 0 radical (unpaired) electrons. The average molecular weight is 545 g/mol. The van der Waals surface area contributed by atoms with Crippen LogP contribution in [0.2, 0.25) is 0 Å². The van der Waals surface area contributed by atoms with E-state index in [4.69, 9.17) is 9.51 Å². The number of aromatic nitrogens is 3. The predicted octanol–water partition coefficient (Wildman–Crippen LogP) is 5.79. The summed E-state index contributed by atoms with van der Waals surface area (Å²) in [5, 5.41) is 15.2. The third-order valence-corrected chi connectivity index (χ3v) is 8.56. The van der Waals surface area contributed by atoms with Crippen LogP contribution < -0.4 is 5.56 Å². The van der Waals surface area contributed by atoms with E-state index in [9.17, 15) is 22.5 Å².